The first-order chi connectivity index (χ1) is 34.3. The molecule has 0 unspecified atom stereocenters. The molecule has 0 saturated heterocycles. The molecule has 0 saturated carbocycles. The van der Waals surface area contributed by atoms with Gasteiger partial charge in [-0.05, 0) is 88.1 Å². The average molecular weight is 652 g/mol. The van der Waals surface area contributed by atoms with Crippen molar-refractivity contribution in [1.29, 1.82) is 0 Å². The van der Waals surface area contributed by atoms with Crippen LogP contribution in [0.15, 0.2) is 184 Å². The van der Waals surface area contributed by atoms with E-state index in [2.05, 4.69) is 0 Å². The van der Waals surface area contributed by atoms with Gasteiger partial charge in [-0.3, -0.25) is 0 Å². The molecule has 0 fully saturated rings. The van der Waals surface area contributed by atoms with Gasteiger partial charge in [0.25, 0.3) is 0 Å². The lowest BCUT2D eigenvalue weighted by molar-refractivity contribution is 0.669. The van der Waals surface area contributed by atoms with Crippen molar-refractivity contribution in [1.82, 2.24) is 0 Å². The van der Waals surface area contributed by atoms with E-state index in [9.17, 15) is 12.3 Å². The van der Waals surface area contributed by atoms with Crippen molar-refractivity contribution in [3.8, 4) is 22.3 Å². The number of furan rings is 2. The second-order valence-corrected chi connectivity index (χ2v) is 10.6. The summed E-state index contributed by atoms with van der Waals surface area (Å²) < 4.78 is 228. The Morgan fingerprint density at radius 2 is 1.14 bits per heavy atom. The number of hydrogen-bond acceptors (Lipinski definition) is 3. The summed E-state index contributed by atoms with van der Waals surface area (Å²) in [5.41, 5.74) is -6.47. The maximum Gasteiger partial charge on any atom is 0.143 e. The van der Waals surface area contributed by atoms with Crippen LogP contribution in [-0.2, 0) is 0 Å². The Morgan fingerprint density at radius 1 is 0.429 bits per heavy atom. The van der Waals surface area contributed by atoms with E-state index in [4.69, 9.17) is 29.4 Å². The first kappa shape index (κ1) is 12.8. The van der Waals surface area contributed by atoms with Gasteiger partial charge in [-0.2, -0.15) is 0 Å². The van der Waals surface area contributed by atoms with E-state index in [0.717, 1.165) is 0 Å². The van der Waals surface area contributed by atoms with E-state index in [1.807, 2.05) is 0 Å². The van der Waals surface area contributed by atoms with Gasteiger partial charge in [0.15, 0.2) is 0 Å². The van der Waals surface area contributed by atoms with Crippen molar-refractivity contribution >= 4 is 71.7 Å². The van der Waals surface area contributed by atoms with Crippen molar-refractivity contribution in [3.63, 3.8) is 0 Å². The molecule has 0 amide bonds. The fourth-order valence-electron chi connectivity index (χ4n) is 5.61. The van der Waals surface area contributed by atoms with Gasteiger partial charge < -0.3 is 13.7 Å². The molecule has 10 rings (SSSR count). The van der Waals surface area contributed by atoms with E-state index in [1.165, 1.54) is 12.1 Å². The summed E-state index contributed by atoms with van der Waals surface area (Å²) in [6.07, 6.45) is 0. The minimum absolute atomic E-state index is 0.147. The zero-order valence-corrected chi connectivity index (χ0v) is 24.7. The Labute approximate surface area is 316 Å². The summed E-state index contributed by atoms with van der Waals surface area (Å²) >= 11 is 0. The van der Waals surface area contributed by atoms with E-state index in [-0.39, 0.29) is 21.9 Å². The van der Waals surface area contributed by atoms with Crippen LogP contribution in [0.5, 0.6) is 0 Å². The number of rotatable bonds is 5. The maximum atomic E-state index is 9.72. The molecule has 0 radical (unpaired) electrons. The molecule has 0 N–H and O–H groups in total. The first-order valence-electron chi connectivity index (χ1n) is 26.6. The fourth-order valence-corrected chi connectivity index (χ4v) is 5.61. The van der Waals surface area contributed by atoms with E-state index >= 15 is 0 Å². The lowest BCUT2D eigenvalue weighted by atomic mass is 10.0. The number of para-hydroxylation sites is 1. The summed E-state index contributed by atoms with van der Waals surface area (Å²) in [7, 11) is 0. The van der Waals surface area contributed by atoms with Crippen molar-refractivity contribution in [2.75, 3.05) is 4.90 Å². The lowest BCUT2D eigenvalue weighted by Crippen LogP contribution is -2.10. The molecule has 3 nitrogen and oxygen atoms in total. The summed E-state index contributed by atoms with van der Waals surface area (Å²) in [6, 6.07) is -12.6. The van der Waals surface area contributed by atoms with Gasteiger partial charge in [-0.15, -0.1) is 0 Å². The summed E-state index contributed by atoms with van der Waals surface area (Å²) in [5.74, 6) is 0. The Kier molecular flexibility index (Phi) is 2.87. The van der Waals surface area contributed by atoms with Crippen LogP contribution in [0, 0.1) is 0 Å². The van der Waals surface area contributed by atoms with Crippen LogP contribution >= 0.6 is 0 Å². The molecule has 2 heterocycles. The predicted molar refractivity (Wildman–Crippen MR) is 204 cm³/mol. The molecular formula is C46H29NO2. The SMILES string of the molecule is [2H]c1c([2H])c(-c2ccccc2)c([2H])c(N(c2c([2H])c([2H])c(-c3c([2H])c([2H])c4c(oc5c([2H])c([2H])c([2H])c([2H])c54)c3[2H])c([2H])c2[2H])c2c([2H])c([2H])c([2H])c3oc4c5c([2H])c([2H])c([2H])c([2H])c5c([2H])c([2H])c4c23)c1[2H]. The molecule has 10 aromatic rings. The van der Waals surface area contributed by atoms with E-state index in [0.29, 0.717) is 4.90 Å². The highest BCUT2D eigenvalue weighted by Crippen LogP contribution is 2.45. The zero-order valence-electron chi connectivity index (χ0n) is 48.7. The topological polar surface area (TPSA) is 29.5 Å². The Morgan fingerprint density at radius 3 is 2.04 bits per heavy atom. The Balaban J connectivity index is 1.40. The van der Waals surface area contributed by atoms with Crippen LogP contribution in [0.4, 0.5) is 17.1 Å². The van der Waals surface area contributed by atoms with Crippen molar-refractivity contribution in [2.24, 2.45) is 0 Å². The quantitative estimate of drug-likeness (QED) is 0.185. The third kappa shape index (κ3) is 4.51. The average Bonchev–Trinajstić information content (AvgIpc) is 3.97. The third-order valence-corrected chi connectivity index (χ3v) is 7.82. The van der Waals surface area contributed by atoms with Gasteiger partial charge in [0.2, 0.25) is 0 Å². The van der Waals surface area contributed by atoms with Gasteiger partial charge in [0.05, 0.1) is 44.0 Å². The molecule has 0 bridgehead atoms. The highest BCUT2D eigenvalue weighted by atomic mass is 16.3. The van der Waals surface area contributed by atoms with Crippen LogP contribution in [-0.4, -0.2) is 0 Å². The number of fused-ring (bicyclic) bond motifs is 8. The molecule has 0 aliphatic heterocycles. The van der Waals surface area contributed by atoms with Crippen molar-refractivity contribution in [3.05, 3.63) is 175 Å². The van der Waals surface area contributed by atoms with Gasteiger partial charge >= 0.3 is 0 Å². The molecule has 0 aliphatic rings. The number of hydrogen-bond donors (Lipinski definition) is 0. The van der Waals surface area contributed by atoms with Gasteiger partial charge in [0, 0.05) is 32.9 Å². The predicted octanol–water partition coefficient (Wildman–Crippen LogP) is 13.4. The normalized spacial score (nSPS) is 18.5. The summed E-state index contributed by atoms with van der Waals surface area (Å²) in [6.45, 7) is 0. The summed E-state index contributed by atoms with van der Waals surface area (Å²) in [5, 5.41) is -2.71. The molecule has 0 aliphatic carbocycles. The monoisotopic (exact) mass is 651 g/mol. The van der Waals surface area contributed by atoms with Crippen LogP contribution in [0.2, 0.25) is 0 Å². The number of benzene rings is 8. The maximum absolute atomic E-state index is 9.72. The smallest absolute Gasteiger partial charge is 0.143 e. The molecule has 0 atom stereocenters. The minimum Gasteiger partial charge on any atom is -0.456 e. The lowest BCUT2D eigenvalue weighted by Gasteiger charge is -2.27. The van der Waals surface area contributed by atoms with E-state index < -0.39 is 217 Å². The molecule has 8 aromatic carbocycles. The molecule has 49 heavy (non-hydrogen) atoms. The van der Waals surface area contributed by atoms with Crippen molar-refractivity contribution < 1.29 is 41.7 Å². The minimum atomic E-state index is -1.11. The second-order valence-electron chi connectivity index (χ2n) is 10.6. The van der Waals surface area contributed by atoms with Gasteiger partial charge in [-0.25, -0.2) is 0 Å². The Bertz CT molecular complexity index is 4180. The third-order valence-electron chi connectivity index (χ3n) is 7.82. The standard InChI is InChI=1S/C46H29NO2/c1-2-10-30(11-3-1)33-13-8-14-36(28-33)47(41-17-9-19-43-45(41)40-27-22-32-12-4-5-15-37(32)46(40)49-43)35-24-20-31(21-25-35)34-23-26-39-38-16-6-7-18-42(38)48-44(39)29-34/h1-29H/i4D,5D,6D,7D,8D,9D,12D,13D,14D,15D,16D,17D,18D,19D,20D,21D,22D,23D,24D,25D,26D,27D,28D,29D. The zero-order chi connectivity index (χ0) is 53.2. The van der Waals surface area contributed by atoms with Crippen molar-refractivity contribution in [2.45, 2.75) is 0 Å². The number of nitrogens with zero attached hydrogens (tertiary/aromatic N) is 1. The Hall–Kier alpha value is -6.58. The van der Waals surface area contributed by atoms with Crippen LogP contribution in [0.3, 0.4) is 0 Å². The van der Waals surface area contributed by atoms with Crippen LogP contribution in [0.1, 0.15) is 32.9 Å². The van der Waals surface area contributed by atoms with E-state index in [1.54, 1.807) is 18.2 Å². The first-order valence-corrected chi connectivity index (χ1v) is 14.6. The molecule has 2 aromatic heterocycles. The molecule has 0 spiro atoms. The molecule has 230 valence electrons. The molecule has 3 heteroatoms. The number of anilines is 3. The van der Waals surface area contributed by atoms with Gasteiger partial charge in [-0.1, -0.05) is 115 Å². The molecular weight excluding hydrogens is 599 g/mol. The largest absolute Gasteiger partial charge is 0.456 e. The summed E-state index contributed by atoms with van der Waals surface area (Å²) in [4.78, 5) is 0.633. The van der Waals surface area contributed by atoms with Crippen LogP contribution < -0.4 is 4.90 Å². The van der Waals surface area contributed by atoms with Gasteiger partial charge in [0.1, 0.15) is 22.3 Å². The van der Waals surface area contributed by atoms with Crippen LogP contribution in [0.25, 0.3) is 76.9 Å². The highest BCUT2D eigenvalue weighted by Gasteiger charge is 2.21. The second kappa shape index (κ2) is 11.0. The highest BCUT2D eigenvalue weighted by molar-refractivity contribution is 6.19. The fraction of sp³-hybridized carbons (Fsp3) is 0.